The molecule has 0 atom stereocenters. The first-order valence-electron chi connectivity index (χ1n) is 9.27. The number of methoxy groups -OCH3 is 2. The fourth-order valence-electron chi connectivity index (χ4n) is 2.93. The highest BCUT2D eigenvalue weighted by Gasteiger charge is 2.14. The predicted molar refractivity (Wildman–Crippen MR) is 118 cm³/mol. The van der Waals surface area contributed by atoms with Gasteiger partial charge in [0.15, 0.2) is 16.6 Å². The quantitative estimate of drug-likeness (QED) is 0.428. The fraction of sp³-hybridized carbons (Fsp3) is 0.143. The van der Waals surface area contributed by atoms with Crippen LogP contribution in [0, 0.1) is 0 Å². The lowest BCUT2D eigenvalue weighted by Gasteiger charge is -2.12. The number of aromatic amines is 1. The maximum absolute atomic E-state index is 12.6. The van der Waals surface area contributed by atoms with E-state index in [0.29, 0.717) is 33.8 Å². The summed E-state index contributed by atoms with van der Waals surface area (Å²) in [6.45, 7) is 0. The van der Waals surface area contributed by atoms with Gasteiger partial charge in [-0.2, -0.15) is 0 Å². The number of benzene rings is 2. The summed E-state index contributed by atoms with van der Waals surface area (Å²) < 4.78 is 12.0. The number of H-pyrrole nitrogens is 1. The van der Waals surface area contributed by atoms with Crippen LogP contribution in [0.25, 0.3) is 17.0 Å². The molecule has 0 spiro atoms. The Balaban J connectivity index is 1.57. The molecule has 0 unspecified atom stereocenters. The van der Waals surface area contributed by atoms with Gasteiger partial charge >= 0.3 is 0 Å². The van der Waals surface area contributed by atoms with E-state index in [1.54, 1.807) is 25.3 Å². The molecule has 4 aromatic rings. The number of carbonyl (C=O) groups is 1. The van der Waals surface area contributed by atoms with Gasteiger partial charge in [0.2, 0.25) is 5.91 Å². The van der Waals surface area contributed by atoms with Gasteiger partial charge in [0.25, 0.3) is 5.56 Å². The normalized spacial score (nSPS) is 10.8. The molecule has 0 saturated heterocycles. The molecular formula is C21H19N5O4S. The minimum Gasteiger partial charge on any atom is -0.497 e. The van der Waals surface area contributed by atoms with Crippen LogP contribution in [0.2, 0.25) is 0 Å². The fourth-order valence-corrected chi connectivity index (χ4v) is 3.68. The number of nitrogens with one attached hydrogen (secondary N) is 2. The highest BCUT2D eigenvalue weighted by atomic mass is 32.2. The second kappa shape index (κ2) is 8.92. The van der Waals surface area contributed by atoms with Crippen molar-refractivity contribution in [1.29, 1.82) is 0 Å². The molecule has 31 heavy (non-hydrogen) atoms. The summed E-state index contributed by atoms with van der Waals surface area (Å²) in [5.74, 6) is 1.38. The van der Waals surface area contributed by atoms with E-state index in [9.17, 15) is 9.59 Å². The summed E-state index contributed by atoms with van der Waals surface area (Å²) in [6, 6.07) is 16.0. The molecule has 10 heteroatoms. The third-order valence-corrected chi connectivity index (χ3v) is 5.31. The van der Waals surface area contributed by atoms with Crippen molar-refractivity contribution in [1.82, 2.24) is 19.6 Å². The lowest BCUT2D eigenvalue weighted by atomic mass is 10.2. The summed E-state index contributed by atoms with van der Waals surface area (Å²) in [7, 11) is 3.07. The summed E-state index contributed by atoms with van der Waals surface area (Å²) in [6.07, 6.45) is 0. The Morgan fingerprint density at radius 2 is 1.90 bits per heavy atom. The Labute approximate surface area is 181 Å². The Kier molecular flexibility index (Phi) is 5.89. The van der Waals surface area contributed by atoms with Crippen LogP contribution in [0.15, 0.2) is 64.5 Å². The summed E-state index contributed by atoms with van der Waals surface area (Å²) >= 11 is 1.18. The maximum atomic E-state index is 12.6. The Morgan fingerprint density at radius 3 is 2.65 bits per heavy atom. The van der Waals surface area contributed by atoms with Crippen LogP contribution >= 0.6 is 11.8 Å². The SMILES string of the molecule is COc1ccc(OC)c(NC(=O)CSc2nc(-c3ccccc3)nc3cc(=O)[nH]n23)c1. The molecule has 0 saturated carbocycles. The first kappa shape index (κ1) is 20.5. The number of hydrogen-bond donors (Lipinski definition) is 2. The molecule has 2 N–H and O–H groups in total. The molecule has 2 heterocycles. The second-order valence-corrected chi connectivity index (χ2v) is 7.36. The Morgan fingerprint density at radius 1 is 1.10 bits per heavy atom. The number of hydrogen-bond acceptors (Lipinski definition) is 7. The van der Waals surface area contributed by atoms with E-state index >= 15 is 0 Å². The third-order valence-electron chi connectivity index (χ3n) is 4.37. The molecule has 0 bridgehead atoms. The zero-order valence-electron chi connectivity index (χ0n) is 16.8. The highest BCUT2D eigenvalue weighted by Crippen LogP contribution is 2.29. The number of ether oxygens (including phenoxy) is 2. The Bertz CT molecular complexity index is 1290. The first-order chi connectivity index (χ1) is 15.1. The topological polar surface area (TPSA) is 111 Å². The van der Waals surface area contributed by atoms with Crippen molar-refractivity contribution >= 4 is 29.0 Å². The molecule has 2 aromatic heterocycles. The molecule has 2 aromatic carbocycles. The zero-order valence-corrected chi connectivity index (χ0v) is 17.6. The van der Waals surface area contributed by atoms with Gasteiger partial charge in [-0.3, -0.25) is 14.7 Å². The van der Waals surface area contributed by atoms with Gasteiger partial charge in [-0.15, -0.1) is 0 Å². The number of fused-ring (bicyclic) bond motifs is 1. The number of thioether (sulfide) groups is 1. The highest BCUT2D eigenvalue weighted by molar-refractivity contribution is 7.99. The van der Waals surface area contributed by atoms with E-state index in [-0.39, 0.29) is 17.2 Å². The molecule has 0 aliphatic carbocycles. The third kappa shape index (κ3) is 4.53. The number of nitrogens with zero attached hydrogens (tertiary/aromatic N) is 3. The molecule has 9 nitrogen and oxygen atoms in total. The number of carbonyl (C=O) groups excluding carboxylic acids is 1. The monoisotopic (exact) mass is 437 g/mol. The molecule has 0 radical (unpaired) electrons. The second-order valence-electron chi connectivity index (χ2n) is 6.41. The average Bonchev–Trinajstić information content (AvgIpc) is 3.18. The molecule has 4 rings (SSSR count). The van der Waals surface area contributed by atoms with Crippen LogP contribution in [0.3, 0.4) is 0 Å². The van der Waals surface area contributed by atoms with Crippen LogP contribution in [-0.2, 0) is 4.79 Å². The number of anilines is 1. The zero-order chi connectivity index (χ0) is 21.8. The summed E-state index contributed by atoms with van der Waals surface area (Å²) in [5.41, 5.74) is 1.44. The van der Waals surface area contributed by atoms with Crippen LogP contribution in [-0.4, -0.2) is 45.5 Å². The van der Waals surface area contributed by atoms with Crippen molar-refractivity contribution in [2.24, 2.45) is 0 Å². The largest absolute Gasteiger partial charge is 0.497 e. The minimum atomic E-state index is -0.299. The van der Waals surface area contributed by atoms with E-state index in [1.807, 2.05) is 30.3 Å². The molecular weight excluding hydrogens is 418 g/mol. The van der Waals surface area contributed by atoms with E-state index in [1.165, 1.54) is 29.5 Å². The van der Waals surface area contributed by atoms with Gasteiger partial charge in [-0.1, -0.05) is 42.1 Å². The van der Waals surface area contributed by atoms with E-state index in [4.69, 9.17) is 9.47 Å². The summed E-state index contributed by atoms with van der Waals surface area (Å²) in [5, 5.41) is 5.92. The number of amides is 1. The van der Waals surface area contributed by atoms with Crippen LogP contribution in [0.1, 0.15) is 0 Å². The lowest BCUT2D eigenvalue weighted by molar-refractivity contribution is -0.113. The molecule has 0 aliphatic heterocycles. The average molecular weight is 437 g/mol. The van der Waals surface area contributed by atoms with Crippen molar-refractivity contribution in [3.63, 3.8) is 0 Å². The summed E-state index contributed by atoms with van der Waals surface area (Å²) in [4.78, 5) is 33.4. The van der Waals surface area contributed by atoms with E-state index in [2.05, 4.69) is 20.4 Å². The van der Waals surface area contributed by atoms with Crippen molar-refractivity contribution < 1.29 is 14.3 Å². The minimum absolute atomic E-state index is 0.0565. The van der Waals surface area contributed by atoms with Crippen LogP contribution in [0.5, 0.6) is 11.5 Å². The van der Waals surface area contributed by atoms with Crippen molar-refractivity contribution in [3.8, 4) is 22.9 Å². The van der Waals surface area contributed by atoms with Gasteiger partial charge in [-0.05, 0) is 12.1 Å². The molecule has 158 valence electrons. The predicted octanol–water partition coefficient (Wildman–Crippen LogP) is 2.83. The van der Waals surface area contributed by atoms with Crippen LogP contribution < -0.4 is 20.3 Å². The maximum Gasteiger partial charge on any atom is 0.266 e. The van der Waals surface area contributed by atoms with Gasteiger partial charge in [0.05, 0.1) is 25.7 Å². The van der Waals surface area contributed by atoms with E-state index < -0.39 is 0 Å². The van der Waals surface area contributed by atoms with Gasteiger partial charge in [0.1, 0.15) is 11.5 Å². The van der Waals surface area contributed by atoms with Crippen molar-refractivity contribution in [2.45, 2.75) is 5.16 Å². The van der Waals surface area contributed by atoms with Gasteiger partial charge < -0.3 is 14.8 Å². The van der Waals surface area contributed by atoms with Crippen molar-refractivity contribution in [3.05, 3.63) is 65.0 Å². The van der Waals surface area contributed by atoms with Crippen molar-refractivity contribution in [2.75, 3.05) is 25.3 Å². The molecule has 1 amide bonds. The lowest BCUT2D eigenvalue weighted by Crippen LogP contribution is -2.15. The molecule has 0 aliphatic rings. The van der Waals surface area contributed by atoms with Gasteiger partial charge in [-0.25, -0.2) is 14.5 Å². The first-order valence-corrected chi connectivity index (χ1v) is 10.3. The molecule has 0 fully saturated rings. The Hall–Kier alpha value is -3.79. The smallest absolute Gasteiger partial charge is 0.266 e. The van der Waals surface area contributed by atoms with Gasteiger partial charge in [0, 0.05) is 17.7 Å². The van der Waals surface area contributed by atoms with E-state index in [0.717, 1.165) is 5.56 Å². The number of aromatic nitrogens is 4. The standard InChI is InChI=1S/C21H19N5O4S/c1-29-14-8-9-16(30-2)15(10-14)22-19(28)12-31-21-24-20(13-6-4-3-5-7-13)23-17-11-18(27)25-26(17)21/h3-11H,12H2,1-2H3,(H,22,28)(H,25,27). The van der Waals surface area contributed by atoms with Crippen LogP contribution in [0.4, 0.5) is 5.69 Å². The number of rotatable bonds is 7.